The molecule has 2 aromatic rings. The summed E-state index contributed by atoms with van der Waals surface area (Å²) in [6, 6.07) is 13.5. The number of rotatable bonds is 5. The number of ether oxygens (including phenoxy) is 1. The van der Waals surface area contributed by atoms with Crippen LogP contribution >= 0.6 is 0 Å². The van der Waals surface area contributed by atoms with Crippen LogP contribution in [0.15, 0.2) is 53.4 Å². The maximum atomic E-state index is 12.8. The molecule has 28 heavy (non-hydrogen) atoms. The molecule has 3 rings (SSSR count). The van der Waals surface area contributed by atoms with Gasteiger partial charge in [0.05, 0.1) is 10.5 Å². The maximum absolute atomic E-state index is 12.8. The van der Waals surface area contributed by atoms with Crippen molar-refractivity contribution in [2.24, 2.45) is 0 Å². The topological polar surface area (TPSA) is 92.8 Å². The lowest BCUT2D eigenvalue weighted by molar-refractivity contribution is -0.140. The first-order valence-electron chi connectivity index (χ1n) is 8.75. The minimum Gasteiger partial charge on any atom is -0.445 e. The number of cyclic esters (lactones) is 1. The lowest BCUT2D eigenvalue weighted by Gasteiger charge is -2.33. The largest absolute Gasteiger partial charge is 0.445 e. The first kappa shape index (κ1) is 20.0. The van der Waals surface area contributed by atoms with Gasteiger partial charge in [-0.2, -0.15) is 0 Å². The second-order valence-electron chi connectivity index (χ2n) is 7.03. The van der Waals surface area contributed by atoms with Crippen LogP contribution in [0, 0.1) is 0 Å². The van der Waals surface area contributed by atoms with Crippen LogP contribution in [0.2, 0.25) is 0 Å². The monoisotopic (exact) mass is 402 g/mol. The molecule has 1 N–H and O–H groups in total. The summed E-state index contributed by atoms with van der Waals surface area (Å²) in [4.78, 5) is 25.2. The molecule has 148 valence electrons. The van der Waals surface area contributed by atoms with Crippen LogP contribution < -0.4 is 5.32 Å². The van der Waals surface area contributed by atoms with E-state index in [4.69, 9.17) is 4.74 Å². The standard InChI is InChI=1S/C20H22N2O5S/c1-20(12-14-8-4-6-10-16(14)18(23)27-20)19(24)21-13-15-9-5-7-11-17(15)28(25,26)22(2)3/h4-11H,12-13H2,1-3H3,(H,21,24). The molecule has 1 amide bonds. The van der Waals surface area contributed by atoms with E-state index in [1.54, 1.807) is 49.4 Å². The van der Waals surface area contributed by atoms with Crippen LogP contribution in [0.3, 0.4) is 0 Å². The molecular weight excluding hydrogens is 380 g/mol. The molecule has 1 heterocycles. The Morgan fingerprint density at radius 2 is 1.79 bits per heavy atom. The Bertz CT molecular complexity index is 1030. The van der Waals surface area contributed by atoms with Crippen molar-refractivity contribution in [2.45, 2.75) is 30.4 Å². The fourth-order valence-corrected chi connectivity index (χ4v) is 4.24. The maximum Gasteiger partial charge on any atom is 0.339 e. The van der Waals surface area contributed by atoms with Crippen LogP contribution in [0.1, 0.15) is 28.4 Å². The molecule has 7 nitrogen and oxygen atoms in total. The average molecular weight is 402 g/mol. The van der Waals surface area contributed by atoms with Crippen LogP contribution in [0.5, 0.6) is 0 Å². The summed E-state index contributed by atoms with van der Waals surface area (Å²) in [5.41, 5.74) is 0.290. The number of benzene rings is 2. The number of nitrogens with one attached hydrogen (secondary N) is 1. The molecule has 0 saturated heterocycles. The molecule has 0 bridgehead atoms. The smallest absolute Gasteiger partial charge is 0.339 e. The third kappa shape index (κ3) is 3.65. The summed E-state index contributed by atoms with van der Waals surface area (Å²) < 4.78 is 31.5. The van der Waals surface area contributed by atoms with E-state index in [0.717, 1.165) is 9.87 Å². The zero-order chi connectivity index (χ0) is 20.5. The van der Waals surface area contributed by atoms with Crippen LogP contribution in [-0.4, -0.2) is 44.3 Å². The molecule has 0 radical (unpaired) electrons. The van der Waals surface area contributed by atoms with Gasteiger partial charge in [0.25, 0.3) is 5.91 Å². The fourth-order valence-electron chi connectivity index (χ4n) is 3.12. The molecule has 1 aliphatic rings. The number of carbonyl (C=O) groups excluding carboxylic acids is 2. The van der Waals surface area contributed by atoms with Crippen molar-refractivity contribution in [1.82, 2.24) is 9.62 Å². The van der Waals surface area contributed by atoms with Crippen molar-refractivity contribution in [2.75, 3.05) is 14.1 Å². The lowest BCUT2D eigenvalue weighted by atomic mass is 9.89. The Balaban J connectivity index is 1.80. The number of hydrogen-bond acceptors (Lipinski definition) is 5. The average Bonchev–Trinajstić information content (AvgIpc) is 2.66. The van der Waals surface area contributed by atoms with Gasteiger partial charge in [-0.05, 0) is 30.2 Å². The van der Waals surface area contributed by atoms with E-state index in [0.29, 0.717) is 11.1 Å². The highest BCUT2D eigenvalue weighted by Gasteiger charge is 2.42. The third-order valence-electron chi connectivity index (χ3n) is 4.73. The molecule has 0 aromatic heterocycles. The summed E-state index contributed by atoms with van der Waals surface area (Å²) in [6.07, 6.45) is 0.248. The predicted molar refractivity (Wildman–Crippen MR) is 103 cm³/mol. The number of esters is 1. The van der Waals surface area contributed by atoms with Gasteiger partial charge in [-0.3, -0.25) is 4.79 Å². The van der Waals surface area contributed by atoms with E-state index in [1.165, 1.54) is 20.2 Å². The molecule has 0 fully saturated rings. The number of amides is 1. The van der Waals surface area contributed by atoms with E-state index in [2.05, 4.69) is 5.32 Å². The lowest BCUT2D eigenvalue weighted by Crippen LogP contribution is -2.51. The number of hydrogen-bond donors (Lipinski definition) is 1. The Hall–Kier alpha value is -2.71. The van der Waals surface area contributed by atoms with Crippen molar-refractivity contribution in [3.8, 4) is 0 Å². The highest BCUT2D eigenvalue weighted by Crippen LogP contribution is 2.28. The van der Waals surface area contributed by atoms with Gasteiger partial charge < -0.3 is 10.1 Å². The normalized spacial score (nSPS) is 19.1. The minimum absolute atomic E-state index is 0.00311. The third-order valence-corrected chi connectivity index (χ3v) is 6.65. The van der Waals surface area contributed by atoms with Crippen molar-refractivity contribution in [3.05, 3.63) is 65.2 Å². The van der Waals surface area contributed by atoms with Crippen LogP contribution in [0.25, 0.3) is 0 Å². The van der Waals surface area contributed by atoms with Crippen molar-refractivity contribution < 1.29 is 22.7 Å². The van der Waals surface area contributed by atoms with Gasteiger partial charge in [0.1, 0.15) is 0 Å². The molecule has 8 heteroatoms. The summed E-state index contributed by atoms with van der Waals surface area (Å²) >= 11 is 0. The van der Waals surface area contributed by atoms with E-state index >= 15 is 0 Å². The summed E-state index contributed by atoms with van der Waals surface area (Å²) in [7, 11) is -0.749. The molecule has 1 atom stereocenters. The number of carbonyl (C=O) groups is 2. The van der Waals surface area contributed by atoms with Gasteiger partial charge in [-0.15, -0.1) is 0 Å². The first-order valence-corrected chi connectivity index (χ1v) is 10.2. The molecule has 0 saturated carbocycles. The molecule has 0 spiro atoms. The first-order chi connectivity index (χ1) is 13.1. The Morgan fingerprint density at radius 1 is 1.14 bits per heavy atom. The molecule has 1 aliphatic heterocycles. The van der Waals surface area contributed by atoms with Gasteiger partial charge in [0.2, 0.25) is 10.0 Å². The van der Waals surface area contributed by atoms with E-state index in [9.17, 15) is 18.0 Å². The van der Waals surface area contributed by atoms with E-state index in [1.807, 2.05) is 0 Å². The van der Waals surface area contributed by atoms with Gasteiger partial charge in [-0.1, -0.05) is 36.4 Å². The van der Waals surface area contributed by atoms with Gasteiger partial charge in [0.15, 0.2) is 5.60 Å². The zero-order valence-electron chi connectivity index (χ0n) is 15.9. The van der Waals surface area contributed by atoms with Crippen molar-refractivity contribution in [3.63, 3.8) is 0 Å². The molecule has 2 aromatic carbocycles. The summed E-state index contributed by atoms with van der Waals surface area (Å²) in [5, 5.41) is 2.71. The Kier molecular flexibility index (Phi) is 5.27. The van der Waals surface area contributed by atoms with Crippen LogP contribution in [0.4, 0.5) is 0 Å². The number of fused-ring (bicyclic) bond motifs is 1. The SMILES string of the molecule is CN(C)S(=O)(=O)c1ccccc1CNC(=O)C1(C)Cc2ccccc2C(=O)O1. The Labute approximate surface area is 164 Å². The van der Waals surface area contributed by atoms with Gasteiger partial charge in [0, 0.05) is 27.1 Å². The number of nitrogens with zero attached hydrogens (tertiary/aromatic N) is 1. The zero-order valence-corrected chi connectivity index (χ0v) is 16.7. The second-order valence-corrected chi connectivity index (χ2v) is 9.15. The predicted octanol–water partition coefficient (Wildman–Crippen LogP) is 1.72. The minimum atomic E-state index is -3.65. The summed E-state index contributed by atoms with van der Waals surface area (Å²) in [5.74, 6) is -1.03. The highest BCUT2D eigenvalue weighted by atomic mass is 32.2. The van der Waals surface area contributed by atoms with Crippen molar-refractivity contribution in [1.29, 1.82) is 0 Å². The van der Waals surface area contributed by atoms with E-state index < -0.39 is 27.5 Å². The molecular formula is C20H22N2O5S. The fraction of sp³-hybridized carbons (Fsp3) is 0.300. The van der Waals surface area contributed by atoms with E-state index in [-0.39, 0.29) is 17.9 Å². The molecule has 0 aliphatic carbocycles. The van der Waals surface area contributed by atoms with Gasteiger partial charge >= 0.3 is 5.97 Å². The Morgan fingerprint density at radius 3 is 2.50 bits per heavy atom. The van der Waals surface area contributed by atoms with Crippen molar-refractivity contribution >= 4 is 21.9 Å². The summed E-state index contributed by atoms with van der Waals surface area (Å²) in [6.45, 7) is 1.55. The van der Waals surface area contributed by atoms with Gasteiger partial charge in [-0.25, -0.2) is 17.5 Å². The number of sulfonamides is 1. The molecule has 1 unspecified atom stereocenters. The van der Waals surface area contributed by atoms with Crippen LogP contribution in [-0.2, 0) is 32.5 Å². The highest BCUT2D eigenvalue weighted by molar-refractivity contribution is 7.89. The quantitative estimate of drug-likeness (QED) is 0.769. The second kappa shape index (κ2) is 7.37.